The molecule has 0 aliphatic carbocycles. The maximum atomic E-state index is 8.58. The smallest absolute Gasteiger partial charge is 0.404 e. The van der Waals surface area contributed by atoms with Crippen LogP contribution in [0.2, 0.25) is 0 Å². The second-order valence-corrected chi connectivity index (χ2v) is 3.67. The molecule has 0 saturated heterocycles. The Kier molecular flexibility index (Phi) is 3.04. The Morgan fingerprint density at radius 1 is 1.31 bits per heavy atom. The molecule has 0 N–H and O–H groups in total. The summed E-state index contributed by atoms with van der Waals surface area (Å²) in [6, 6.07) is 10.1. The first-order valence-electron chi connectivity index (χ1n) is 5.17. The lowest BCUT2D eigenvalue weighted by atomic mass is 9.60. The van der Waals surface area contributed by atoms with Crippen molar-refractivity contribution in [3.8, 4) is 0 Å². The van der Waals surface area contributed by atoms with Gasteiger partial charge in [0.2, 0.25) is 6.11 Å². The first-order valence-corrected chi connectivity index (χ1v) is 5.17. The highest BCUT2D eigenvalue weighted by molar-refractivity contribution is 6.87. The quantitative estimate of drug-likeness (QED) is 0.317. The molecule has 0 unspecified atom stereocenters. The molecule has 1 aromatic carbocycles. The van der Waals surface area contributed by atoms with E-state index in [2.05, 4.69) is 27.8 Å². The number of benzene rings is 1. The van der Waals surface area contributed by atoms with Crippen molar-refractivity contribution in [1.82, 2.24) is 4.81 Å². The Balaban J connectivity index is 2.33. The van der Waals surface area contributed by atoms with E-state index in [4.69, 9.17) is 5.53 Å². The second-order valence-electron chi connectivity index (χ2n) is 3.67. The first-order chi connectivity index (χ1) is 7.83. The van der Waals surface area contributed by atoms with Crippen LogP contribution in [0.5, 0.6) is 0 Å². The van der Waals surface area contributed by atoms with E-state index in [1.165, 1.54) is 6.11 Å². The van der Waals surface area contributed by atoms with Gasteiger partial charge in [0.25, 0.3) is 0 Å². The van der Waals surface area contributed by atoms with Crippen LogP contribution in [0.3, 0.4) is 0 Å². The first kappa shape index (κ1) is 10.5. The molecule has 0 saturated carbocycles. The summed E-state index contributed by atoms with van der Waals surface area (Å²) in [5.41, 5.74) is 10.9. The minimum absolute atomic E-state index is 0.00482. The van der Waals surface area contributed by atoms with Crippen molar-refractivity contribution in [3.63, 3.8) is 0 Å². The van der Waals surface area contributed by atoms with Crippen LogP contribution in [0.25, 0.3) is 11.2 Å². The lowest BCUT2D eigenvalue weighted by molar-refractivity contribution is 0.00680. The van der Waals surface area contributed by atoms with Crippen molar-refractivity contribution in [2.24, 2.45) is 0 Å². The molecule has 78 valence electrons. The molecule has 0 bridgehead atoms. The summed E-state index contributed by atoms with van der Waals surface area (Å²) in [6.07, 6.45) is 5.54. The zero-order valence-electron chi connectivity index (χ0n) is 9.12. The van der Waals surface area contributed by atoms with Gasteiger partial charge in [-0.3, -0.25) is 0 Å². The van der Waals surface area contributed by atoms with E-state index >= 15 is 0 Å². The minimum atomic E-state index is 0.00482. The molecule has 0 spiro atoms. The Bertz CT molecular complexity index is 472. The summed E-state index contributed by atoms with van der Waals surface area (Å²) in [5.74, 6) is 1.98. The van der Waals surface area contributed by atoms with Gasteiger partial charge in [-0.2, -0.15) is 4.79 Å². The highest BCUT2D eigenvalue weighted by atomic mass is 15.0. The molecule has 0 radical (unpaired) electrons. The third kappa shape index (κ3) is 1.97. The van der Waals surface area contributed by atoms with Crippen molar-refractivity contribution in [1.29, 1.82) is 0 Å². The van der Waals surface area contributed by atoms with Crippen molar-refractivity contribution >= 4 is 18.7 Å². The van der Waals surface area contributed by atoms with Crippen LogP contribution in [-0.4, -0.2) is 29.6 Å². The third-order valence-corrected chi connectivity index (χ3v) is 2.68. The molecule has 4 heteroatoms. The lowest BCUT2D eigenvalue weighted by Crippen LogP contribution is -2.36. The highest BCUT2D eigenvalue weighted by Crippen LogP contribution is 2.21. The predicted molar refractivity (Wildman–Crippen MR) is 66.8 cm³/mol. The predicted octanol–water partition coefficient (Wildman–Crippen LogP) is 1.90. The van der Waals surface area contributed by atoms with Crippen molar-refractivity contribution < 1.29 is 4.79 Å². The minimum Gasteiger partial charge on any atom is -0.404 e. The maximum Gasteiger partial charge on any atom is 0.409 e. The van der Waals surface area contributed by atoms with E-state index in [-0.39, 0.29) is 6.85 Å². The van der Waals surface area contributed by atoms with Gasteiger partial charge in [-0.05, 0) is 18.7 Å². The fourth-order valence-corrected chi connectivity index (χ4v) is 1.79. The molecule has 16 heavy (non-hydrogen) atoms. The van der Waals surface area contributed by atoms with Gasteiger partial charge in [-0.1, -0.05) is 42.4 Å². The molecular weight excluding hydrogens is 197 g/mol. The molecule has 2 rings (SSSR count). The summed E-state index contributed by atoms with van der Waals surface area (Å²) in [6.45, 7) is 0.00482. The number of nitrogens with zero attached hydrogens (tertiary/aromatic N) is 3. The molecular formula is C12H12BN3. The van der Waals surface area contributed by atoms with Crippen LogP contribution in [0.15, 0.2) is 48.5 Å². The fourth-order valence-electron chi connectivity index (χ4n) is 1.79. The zero-order valence-corrected chi connectivity index (χ0v) is 9.12. The molecule has 0 atom stereocenters. The Morgan fingerprint density at radius 3 is 2.75 bits per heavy atom. The monoisotopic (exact) mass is 209 g/mol. The van der Waals surface area contributed by atoms with Gasteiger partial charge in [-0.25, -0.2) is 0 Å². The van der Waals surface area contributed by atoms with E-state index in [0.29, 0.717) is 0 Å². The molecule has 3 nitrogen and oxygen atoms in total. The zero-order chi connectivity index (χ0) is 11.4. The summed E-state index contributed by atoms with van der Waals surface area (Å²) in [5, 5.41) is 0. The van der Waals surface area contributed by atoms with Crippen LogP contribution in [0.1, 0.15) is 5.56 Å². The van der Waals surface area contributed by atoms with Gasteiger partial charge in [0.05, 0.1) is 0 Å². The molecule has 1 aromatic rings. The Morgan fingerprint density at radius 2 is 2.06 bits per heavy atom. The number of hydrogen-bond donors (Lipinski definition) is 0. The van der Waals surface area contributed by atoms with Gasteiger partial charge >= 0.3 is 6.85 Å². The van der Waals surface area contributed by atoms with Crippen LogP contribution < -0.4 is 0 Å². The van der Waals surface area contributed by atoms with E-state index < -0.39 is 0 Å². The van der Waals surface area contributed by atoms with Gasteiger partial charge in [0, 0.05) is 5.70 Å². The topological polar surface area (TPSA) is 39.6 Å². The standard InChI is InChI=1S/C12H12BN3/c1-16-12(11-6-3-2-4-7-11)8-5-9-13(16)10-15-14/h2-10H,1H3. The van der Waals surface area contributed by atoms with Gasteiger partial charge < -0.3 is 10.3 Å². The average Bonchev–Trinajstić information content (AvgIpc) is 2.33. The molecule has 0 amide bonds. The summed E-state index contributed by atoms with van der Waals surface area (Å²) >= 11 is 0. The molecule has 0 aromatic heterocycles. The summed E-state index contributed by atoms with van der Waals surface area (Å²) in [7, 11) is 1.98. The van der Waals surface area contributed by atoms with Crippen LogP contribution >= 0.6 is 0 Å². The van der Waals surface area contributed by atoms with Crippen molar-refractivity contribution in [2.75, 3.05) is 7.05 Å². The third-order valence-electron chi connectivity index (χ3n) is 2.68. The largest absolute Gasteiger partial charge is 0.409 e. The van der Waals surface area contributed by atoms with E-state index in [1.807, 2.05) is 37.3 Å². The molecule has 1 aliphatic heterocycles. The molecule has 1 aliphatic rings. The van der Waals surface area contributed by atoms with E-state index in [0.717, 1.165) is 11.3 Å². The van der Waals surface area contributed by atoms with Crippen molar-refractivity contribution in [2.45, 2.75) is 0 Å². The van der Waals surface area contributed by atoms with Crippen LogP contribution in [0.4, 0.5) is 0 Å². The second kappa shape index (κ2) is 4.64. The highest BCUT2D eigenvalue weighted by Gasteiger charge is 2.24. The average molecular weight is 209 g/mol. The molecule has 1 heterocycles. The van der Waals surface area contributed by atoms with Crippen LogP contribution in [-0.2, 0) is 0 Å². The van der Waals surface area contributed by atoms with Crippen molar-refractivity contribution in [3.05, 3.63) is 59.6 Å². The van der Waals surface area contributed by atoms with Gasteiger partial charge in [0.15, 0.2) is 0 Å². The van der Waals surface area contributed by atoms with E-state index in [9.17, 15) is 0 Å². The Hall–Kier alpha value is -2.06. The summed E-state index contributed by atoms with van der Waals surface area (Å²) < 4.78 is 0. The van der Waals surface area contributed by atoms with Gasteiger partial charge in [-0.15, -0.1) is 0 Å². The van der Waals surface area contributed by atoms with Crippen LogP contribution in [0, 0.1) is 0 Å². The number of hydrogen-bond acceptors (Lipinski definition) is 1. The lowest BCUT2D eigenvalue weighted by Gasteiger charge is -2.26. The summed E-state index contributed by atoms with van der Waals surface area (Å²) in [4.78, 5) is 5.16. The fraction of sp³-hybridized carbons (Fsp3) is 0.0833. The van der Waals surface area contributed by atoms with E-state index in [1.54, 1.807) is 0 Å². The maximum absolute atomic E-state index is 8.58. The normalized spacial score (nSPS) is 14.4. The molecule has 0 fully saturated rings. The SMILES string of the molecule is CN1B(C=[N+]=[N-])C=CC=C1c1ccccc1. The number of rotatable bonds is 2. The number of allylic oxidation sites excluding steroid dienone is 2. The Labute approximate surface area is 95.4 Å². The van der Waals surface area contributed by atoms with Gasteiger partial charge in [0.1, 0.15) is 0 Å².